The topological polar surface area (TPSA) is 288 Å². The van der Waals surface area contributed by atoms with Gasteiger partial charge in [-0.15, -0.1) is 0 Å². The molecule has 3 saturated heterocycles. The van der Waals surface area contributed by atoms with E-state index in [1.54, 1.807) is 27.7 Å². The second kappa shape index (κ2) is 27.8. The number of nitrogens with two attached hydrogens (primary N) is 1. The number of carbonyl (C=O) groups excluding carboxylic acids is 9. The van der Waals surface area contributed by atoms with Gasteiger partial charge in [-0.1, -0.05) is 61.8 Å². The van der Waals surface area contributed by atoms with Crippen LogP contribution < -0.4 is 21.7 Å². The zero-order valence-corrected chi connectivity index (χ0v) is 44.3. The van der Waals surface area contributed by atoms with E-state index >= 15 is 0 Å². The van der Waals surface area contributed by atoms with E-state index < -0.39 is 138 Å². The largest absolute Gasteiger partial charge is 0.458 e. The smallest absolute Gasteiger partial charge is 0.329 e. The molecule has 21 heteroatoms. The van der Waals surface area contributed by atoms with Gasteiger partial charge < -0.3 is 61.0 Å². The highest BCUT2D eigenvalue weighted by atomic mass is 16.6. The summed E-state index contributed by atoms with van der Waals surface area (Å²) < 4.78 is 11.8. The van der Waals surface area contributed by atoms with Crippen LogP contribution in [-0.2, 0) is 52.6 Å². The van der Waals surface area contributed by atoms with Crippen LogP contribution >= 0.6 is 0 Å². The van der Waals surface area contributed by atoms with E-state index in [9.17, 15) is 53.4 Å². The zero-order valence-electron chi connectivity index (χ0n) is 44.3. The van der Waals surface area contributed by atoms with Crippen LogP contribution in [0, 0.1) is 23.7 Å². The van der Waals surface area contributed by atoms with E-state index in [1.807, 2.05) is 27.7 Å². The van der Waals surface area contributed by atoms with Crippen molar-refractivity contribution in [2.24, 2.45) is 29.4 Å². The number of hydrogen-bond donors (Lipinski definition) is 6. The molecule has 0 unspecified atom stereocenters. The Labute approximate surface area is 420 Å². The fraction of sp³-hybridized carbons (Fsp3) is 0.820. The summed E-state index contributed by atoms with van der Waals surface area (Å²) in [6, 6.07) is -8.37. The van der Waals surface area contributed by atoms with Crippen molar-refractivity contribution in [3.05, 3.63) is 0 Å². The van der Waals surface area contributed by atoms with Crippen LogP contribution in [0.25, 0.3) is 0 Å². The van der Waals surface area contributed by atoms with Gasteiger partial charge in [0.25, 0.3) is 11.8 Å². The number of fused-ring (bicyclic) bond motifs is 1. The molecule has 0 aromatic carbocycles. The number of carbonyl (C=O) groups is 9. The minimum Gasteiger partial charge on any atom is -0.458 e. The average Bonchev–Trinajstić information content (AvgIpc) is 4.00. The summed E-state index contributed by atoms with van der Waals surface area (Å²) in [7, 11) is 2.85. The maximum Gasteiger partial charge on any atom is 0.329 e. The molecule has 0 radical (unpaired) electrons. The van der Waals surface area contributed by atoms with Gasteiger partial charge in [-0.25, -0.2) is 4.79 Å². The summed E-state index contributed by atoms with van der Waals surface area (Å²) in [6.07, 6.45) is -3.28. The first-order valence-corrected chi connectivity index (χ1v) is 25.8. The fourth-order valence-corrected chi connectivity index (χ4v) is 9.66. The average molecular weight is 1010 g/mol. The molecular formula is C50H86N8O13. The van der Waals surface area contributed by atoms with Crippen LogP contribution in [0.1, 0.15) is 140 Å². The Bertz CT molecular complexity index is 1860. The molecule has 3 fully saturated rings. The van der Waals surface area contributed by atoms with E-state index in [0.29, 0.717) is 45.1 Å². The van der Waals surface area contributed by atoms with Gasteiger partial charge >= 0.3 is 11.9 Å². The number of likely N-dealkylation sites (tertiary alicyclic amines) is 1. The molecule has 0 bridgehead atoms. The normalized spacial score (nSPS) is 28.1. The van der Waals surface area contributed by atoms with Crippen molar-refractivity contribution in [2.45, 2.75) is 207 Å². The zero-order chi connectivity index (χ0) is 53.6. The number of nitrogens with zero attached hydrogens (tertiary/aromatic N) is 4. The molecule has 3 aliphatic rings. The van der Waals surface area contributed by atoms with Gasteiger partial charge in [0, 0.05) is 27.2 Å². The van der Waals surface area contributed by atoms with Gasteiger partial charge in [0.1, 0.15) is 48.5 Å². The molecule has 12 atom stereocenters. The lowest BCUT2D eigenvalue weighted by molar-refractivity contribution is -0.163. The first-order chi connectivity index (χ1) is 33.3. The minimum absolute atomic E-state index is 0.0842. The molecule has 71 heavy (non-hydrogen) atoms. The molecule has 0 aromatic rings. The highest BCUT2D eigenvalue weighted by Crippen LogP contribution is 2.27. The molecule has 404 valence electrons. The summed E-state index contributed by atoms with van der Waals surface area (Å²) in [5, 5.41) is 30.1. The lowest BCUT2D eigenvalue weighted by Crippen LogP contribution is -2.62. The molecule has 7 amide bonds. The van der Waals surface area contributed by atoms with Crippen molar-refractivity contribution in [1.29, 1.82) is 0 Å². The van der Waals surface area contributed by atoms with Crippen molar-refractivity contribution in [2.75, 3.05) is 33.7 Å². The Kier molecular flexibility index (Phi) is 23.7. The maximum absolute atomic E-state index is 14.8. The Morgan fingerprint density at radius 3 is 2.11 bits per heavy atom. The summed E-state index contributed by atoms with van der Waals surface area (Å²) in [5.74, 6) is -7.92. The Morgan fingerprint density at radius 1 is 0.887 bits per heavy atom. The van der Waals surface area contributed by atoms with Gasteiger partial charge in [0.15, 0.2) is 6.10 Å². The monoisotopic (exact) mass is 1010 g/mol. The number of esters is 2. The number of cyclic esters (lactones) is 2. The standard InChI is InChI=1S/C50H86N8O13/c1-13-30(8)40-38(60)26-39(61)71-42(29(6)7)45(64)52-33(24-27(2)3)47(66)58-23-17-20-35(58)48(67)55(11)36(18-14-15-21-51)50(69)70-32(10)41(44(63)53-40)54-43(62)37(25-28(4)5)56(12)49(68)34-19-16-22-57(34)46(65)31(9)59/h27-38,40-42,59-60H,13-26,51H2,1-12H3,(H,52,64)(H,53,63)(H,54,62)/t30-,31+,32-,33-,34-,35-,36-,37+,38-,40-,41+,42-/m0/s1. The van der Waals surface area contributed by atoms with Crippen LogP contribution in [0.2, 0.25) is 0 Å². The molecule has 3 aliphatic heterocycles. The number of unbranched alkanes of at least 4 members (excludes halogenated alkanes) is 1. The van der Waals surface area contributed by atoms with Gasteiger partial charge in [0.05, 0.1) is 18.6 Å². The number of rotatable bonds is 16. The Hall–Kier alpha value is -4.89. The molecule has 0 spiro atoms. The third kappa shape index (κ3) is 16.3. The number of aliphatic hydroxyl groups is 2. The molecule has 21 nitrogen and oxygen atoms in total. The predicted molar refractivity (Wildman–Crippen MR) is 262 cm³/mol. The van der Waals surface area contributed by atoms with Crippen molar-refractivity contribution < 1.29 is 62.8 Å². The molecule has 3 heterocycles. The summed E-state index contributed by atoms with van der Waals surface area (Å²) >= 11 is 0. The van der Waals surface area contributed by atoms with Gasteiger partial charge in [-0.3, -0.25) is 38.4 Å². The van der Waals surface area contributed by atoms with Gasteiger partial charge in [-0.2, -0.15) is 0 Å². The molecular weight excluding hydrogens is 921 g/mol. The lowest BCUT2D eigenvalue weighted by atomic mass is 9.92. The molecule has 0 aromatic heterocycles. The van der Waals surface area contributed by atoms with Gasteiger partial charge in [-0.05, 0) is 102 Å². The van der Waals surface area contributed by atoms with Crippen LogP contribution in [0.5, 0.6) is 0 Å². The van der Waals surface area contributed by atoms with Crippen LogP contribution in [0.15, 0.2) is 0 Å². The van der Waals surface area contributed by atoms with Gasteiger partial charge in [0.2, 0.25) is 29.5 Å². The van der Waals surface area contributed by atoms with Crippen molar-refractivity contribution in [1.82, 2.24) is 35.6 Å². The third-order valence-corrected chi connectivity index (χ3v) is 14.0. The quantitative estimate of drug-likeness (QED) is 0.0930. The third-order valence-electron chi connectivity index (χ3n) is 14.0. The second-order valence-electron chi connectivity index (χ2n) is 21.1. The lowest BCUT2D eigenvalue weighted by Gasteiger charge is -2.36. The van der Waals surface area contributed by atoms with E-state index in [1.165, 1.54) is 47.5 Å². The van der Waals surface area contributed by atoms with Crippen LogP contribution in [-0.4, -0.2) is 184 Å². The maximum atomic E-state index is 14.8. The van der Waals surface area contributed by atoms with Crippen LogP contribution in [0.4, 0.5) is 0 Å². The summed E-state index contributed by atoms with van der Waals surface area (Å²) in [6.45, 7) is 17.7. The fourth-order valence-electron chi connectivity index (χ4n) is 9.66. The van der Waals surface area contributed by atoms with E-state index in [4.69, 9.17) is 15.2 Å². The highest BCUT2D eigenvalue weighted by Gasteiger charge is 2.45. The summed E-state index contributed by atoms with van der Waals surface area (Å²) in [4.78, 5) is 133. The highest BCUT2D eigenvalue weighted by molar-refractivity contribution is 5.97. The van der Waals surface area contributed by atoms with Crippen molar-refractivity contribution in [3.8, 4) is 0 Å². The first-order valence-electron chi connectivity index (χ1n) is 25.8. The number of ether oxygens (including phenoxy) is 2. The molecule has 0 saturated carbocycles. The van der Waals surface area contributed by atoms with Crippen molar-refractivity contribution in [3.63, 3.8) is 0 Å². The number of aliphatic hydroxyl groups excluding tert-OH is 2. The second-order valence-corrected chi connectivity index (χ2v) is 21.1. The first kappa shape index (κ1) is 60.4. The number of nitrogens with one attached hydrogen (secondary N) is 3. The van der Waals surface area contributed by atoms with E-state index in [-0.39, 0.29) is 50.6 Å². The van der Waals surface area contributed by atoms with Crippen molar-refractivity contribution >= 4 is 53.3 Å². The molecule has 7 N–H and O–H groups in total. The minimum atomic E-state index is -1.69. The Balaban J connectivity index is 2.19. The van der Waals surface area contributed by atoms with E-state index in [0.717, 1.165) is 0 Å². The number of amides is 7. The predicted octanol–water partition coefficient (Wildman–Crippen LogP) is 0.989. The van der Waals surface area contributed by atoms with Crippen LogP contribution in [0.3, 0.4) is 0 Å². The summed E-state index contributed by atoms with van der Waals surface area (Å²) in [5.41, 5.74) is 5.83. The number of hydrogen-bond acceptors (Lipinski definition) is 14. The van der Waals surface area contributed by atoms with E-state index in [2.05, 4.69) is 16.0 Å². The SMILES string of the molecule is CC[C@H](C)[C@@H]1NC(=O)[C@H](NC(=O)[C@@H](CC(C)C)N(C)C(=O)[C@@H]2CCCN2C(=O)[C@@H](C)O)[C@H](C)OC(=O)[C@H](CCCCN)N(C)C(=O)[C@@H]2CCCN2C(=O)[C@H](CC(C)C)NC(=O)[C@H](C(C)C)OC(=O)C[C@@H]1O. The Morgan fingerprint density at radius 2 is 1.54 bits per heavy atom. The molecule has 3 rings (SSSR count). The molecule has 0 aliphatic carbocycles. The number of likely N-dealkylation sites (N-methyl/N-ethyl adjacent to an activating group) is 2.